The summed E-state index contributed by atoms with van der Waals surface area (Å²) in [5, 5.41) is 10.6. The van der Waals surface area contributed by atoms with Gasteiger partial charge in [0.25, 0.3) is 0 Å². The molecule has 0 saturated carbocycles. The highest BCUT2D eigenvalue weighted by Crippen LogP contribution is 2.20. The van der Waals surface area contributed by atoms with E-state index < -0.39 is 0 Å². The van der Waals surface area contributed by atoms with Crippen LogP contribution in [0, 0.1) is 5.82 Å². The Labute approximate surface area is 171 Å². The Balaban J connectivity index is 0.00000338. The zero-order valence-corrected chi connectivity index (χ0v) is 18.1. The van der Waals surface area contributed by atoms with Gasteiger partial charge in [0.1, 0.15) is 5.82 Å². The Bertz CT molecular complexity index is 711. The molecular weight excluding hydrogens is 446 g/mol. The van der Waals surface area contributed by atoms with Gasteiger partial charge >= 0.3 is 0 Å². The van der Waals surface area contributed by atoms with E-state index in [1.165, 1.54) is 0 Å². The van der Waals surface area contributed by atoms with Gasteiger partial charge in [-0.3, -0.25) is 9.67 Å². The van der Waals surface area contributed by atoms with Crippen LogP contribution >= 0.6 is 24.0 Å². The number of aliphatic imine (C=N–C) groups is 1. The van der Waals surface area contributed by atoms with E-state index in [1.807, 2.05) is 48.7 Å². The molecule has 2 rings (SSSR count). The molecule has 0 aliphatic carbocycles. The number of hydrogen-bond donors (Lipinski definition) is 2. The molecule has 144 valence electrons. The second-order valence-corrected chi connectivity index (χ2v) is 5.68. The number of nitrogens with one attached hydrogen (secondary N) is 2. The maximum Gasteiger partial charge on any atom is 0.191 e. The van der Waals surface area contributed by atoms with E-state index in [0.29, 0.717) is 24.7 Å². The first-order valence-electron chi connectivity index (χ1n) is 8.53. The van der Waals surface area contributed by atoms with Crippen molar-refractivity contribution in [3.05, 3.63) is 47.5 Å². The van der Waals surface area contributed by atoms with E-state index in [-0.39, 0.29) is 29.8 Å². The maximum atomic E-state index is 14.3. The number of rotatable bonds is 7. The van der Waals surface area contributed by atoms with Crippen LogP contribution in [0.2, 0.25) is 0 Å². The van der Waals surface area contributed by atoms with Gasteiger partial charge < -0.3 is 15.5 Å². The minimum absolute atomic E-state index is 0. The summed E-state index contributed by atoms with van der Waals surface area (Å²) in [7, 11) is 3.61. The molecule has 0 spiro atoms. The standard InChI is InChI=1S/C18H27FN6.HI/c1-5-25(6-2)17-8-7-14(11-16(17)19)12-21-18(20-3)22-13-15-9-10-23-24(15)4;/h7-11H,5-6,12-13H2,1-4H3,(H2,20,21,22);1H. The van der Waals surface area contributed by atoms with Gasteiger partial charge in [-0.2, -0.15) is 5.10 Å². The minimum Gasteiger partial charge on any atom is -0.370 e. The summed E-state index contributed by atoms with van der Waals surface area (Å²) in [5.41, 5.74) is 2.57. The largest absolute Gasteiger partial charge is 0.370 e. The second-order valence-electron chi connectivity index (χ2n) is 5.68. The number of anilines is 1. The average molecular weight is 474 g/mol. The number of nitrogens with zero attached hydrogens (tertiary/aromatic N) is 4. The molecule has 0 bridgehead atoms. The maximum absolute atomic E-state index is 14.3. The summed E-state index contributed by atoms with van der Waals surface area (Å²) in [6.45, 7) is 6.74. The lowest BCUT2D eigenvalue weighted by molar-refractivity contribution is 0.616. The Hall–Kier alpha value is -1.84. The predicted octanol–water partition coefficient (Wildman–Crippen LogP) is 2.89. The quantitative estimate of drug-likeness (QED) is 0.368. The van der Waals surface area contributed by atoms with Crippen molar-refractivity contribution in [1.29, 1.82) is 0 Å². The van der Waals surface area contributed by atoms with Crippen molar-refractivity contribution in [3.8, 4) is 0 Å². The normalized spacial score (nSPS) is 11.0. The van der Waals surface area contributed by atoms with Crippen LogP contribution in [0.1, 0.15) is 25.1 Å². The van der Waals surface area contributed by atoms with Crippen LogP contribution in [0.3, 0.4) is 0 Å². The molecule has 26 heavy (non-hydrogen) atoms. The molecule has 0 aliphatic heterocycles. The molecule has 0 fully saturated rings. The number of halogens is 2. The Morgan fingerprint density at radius 2 is 1.88 bits per heavy atom. The molecule has 2 aromatic rings. The van der Waals surface area contributed by atoms with Gasteiger partial charge in [0.05, 0.1) is 17.9 Å². The molecule has 0 amide bonds. The molecule has 8 heteroatoms. The molecule has 0 saturated heterocycles. The van der Waals surface area contributed by atoms with Crippen LogP contribution in [0.5, 0.6) is 0 Å². The second kappa shape index (κ2) is 11.0. The smallest absolute Gasteiger partial charge is 0.191 e. The van der Waals surface area contributed by atoms with Crippen molar-refractivity contribution in [2.45, 2.75) is 26.9 Å². The SMILES string of the molecule is CCN(CC)c1ccc(CNC(=NC)NCc2ccnn2C)cc1F.I. The number of aromatic nitrogens is 2. The Kier molecular flexibility index (Phi) is 9.39. The van der Waals surface area contributed by atoms with E-state index >= 15 is 0 Å². The van der Waals surface area contributed by atoms with E-state index in [9.17, 15) is 4.39 Å². The predicted molar refractivity (Wildman–Crippen MR) is 116 cm³/mol. The van der Waals surface area contributed by atoms with E-state index in [0.717, 1.165) is 24.3 Å². The molecule has 0 aliphatic rings. The monoisotopic (exact) mass is 474 g/mol. The summed E-state index contributed by atoms with van der Waals surface area (Å²) in [5.74, 6) is 0.468. The Morgan fingerprint density at radius 1 is 1.19 bits per heavy atom. The Morgan fingerprint density at radius 3 is 2.42 bits per heavy atom. The first-order chi connectivity index (χ1) is 12.1. The van der Waals surface area contributed by atoms with Crippen molar-refractivity contribution >= 4 is 35.6 Å². The number of aryl methyl sites for hydroxylation is 1. The lowest BCUT2D eigenvalue weighted by Gasteiger charge is -2.22. The first kappa shape index (κ1) is 22.2. The summed E-state index contributed by atoms with van der Waals surface area (Å²) < 4.78 is 16.1. The van der Waals surface area contributed by atoms with Gasteiger partial charge in [0.2, 0.25) is 0 Å². The van der Waals surface area contributed by atoms with Crippen molar-refractivity contribution in [1.82, 2.24) is 20.4 Å². The third kappa shape index (κ3) is 5.86. The van der Waals surface area contributed by atoms with Crippen LogP contribution in [0.4, 0.5) is 10.1 Å². The summed E-state index contributed by atoms with van der Waals surface area (Å²) in [4.78, 5) is 6.19. The summed E-state index contributed by atoms with van der Waals surface area (Å²) >= 11 is 0. The van der Waals surface area contributed by atoms with Gasteiger partial charge in [-0.05, 0) is 37.6 Å². The van der Waals surface area contributed by atoms with Gasteiger partial charge in [0, 0.05) is 39.9 Å². The fraction of sp³-hybridized carbons (Fsp3) is 0.444. The molecule has 0 atom stereocenters. The zero-order valence-electron chi connectivity index (χ0n) is 15.8. The average Bonchev–Trinajstić information content (AvgIpc) is 3.03. The lowest BCUT2D eigenvalue weighted by atomic mass is 10.2. The highest BCUT2D eigenvalue weighted by molar-refractivity contribution is 14.0. The first-order valence-corrected chi connectivity index (χ1v) is 8.53. The van der Waals surface area contributed by atoms with Crippen LogP contribution < -0.4 is 15.5 Å². The minimum atomic E-state index is -0.194. The van der Waals surface area contributed by atoms with Gasteiger partial charge in [-0.1, -0.05) is 6.07 Å². The number of guanidine groups is 1. The van der Waals surface area contributed by atoms with E-state index in [4.69, 9.17) is 0 Å². The van der Waals surface area contributed by atoms with Crippen molar-refractivity contribution in [2.75, 3.05) is 25.0 Å². The lowest BCUT2D eigenvalue weighted by Crippen LogP contribution is -2.36. The molecule has 6 nitrogen and oxygen atoms in total. The third-order valence-corrected chi connectivity index (χ3v) is 4.16. The van der Waals surface area contributed by atoms with Crippen LogP contribution in [-0.4, -0.2) is 35.9 Å². The molecule has 1 heterocycles. The molecule has 2 N–H and O–H groups in total. The van der Waals surface area contributed by atoms with Crippen molar-refractivity contribution < 1.29 is 4.39 Å². The molecular formula is C18H28FIN6. The van der Waals surface area contributed by atoms with Crippen molar-refractivity contribution in [2.24, 2.45) is 12.0 Å². The van der Waals surface area contributed by atoms with Crippen LogP contribution in [0.15, 0.2) is 35.5 Å². The highest BCUT2D eigenvalue weighted by atomic mass is 127. The molecule has 0 unspecified atom stereocenters. The number of hydrogen-bond acceptors (Lipinski definition) is 3. The van der Waals surface area contributed by atoms with Crippen LogP contribution in [-0.2, 0) is 20.1 Å². The summed E-state index contributed by atoms with van der Waals surface area (Å²) in [6.07, 6.45) is 1.76. The zero-order chi connectivity index (χ0) is 18.2. The fourth-order valence-corrected chi connectivity index (χ4v) is 2.64. The van der Waals surface area contributed by atoms with Crippen LogP contribution in [0.25, 0.3) is 0 Å². The number of benzene rings is 1. The summed E-state index contributed by atoms with van der Waals surface area (Å²) in [6, 6.07) is 7.31. The fourth-order valence-electron chi connectivity index (χ4n) is 2.64. The highest BCUT2D eigenvalue weighted by Gasteiger charge is 2.09. The van der Waals surface area contributed by atoms with Gasteiger partial charge in [-0.15, -0.1) is 24.0 Å². The van der Waals surface area contributed by atoms with E-state index in [1.54, 1.807) is 19.3 Å². The third-order valence-electron chi connectivity index (χ3n) is 4.16. The molecule has 1 aromatic heterocycles. The molecule has 1 aromatic carbocycles. The van der Waals surface area contributed by atoms with E-state index in [2.05, 4.69) is 20.7 Å². The van der Waals surface area contributed by atoms with Gasteiger partial charge in [0.15, 0.2) is 5.96 Å². The topological polar surface area (TPSA) is 57.5 Å². The van der Waals surface area contributed by atoms with Crippen molar-refractivity contribution in [3.63, 3.8) is 0 Å². The van der Waals surface area contributed by atoms with Gasteiger partial charge in [-0.25, -0.2) is 4.39 Å². The molecule has 0 radical (unpaired) electrons.